The van der Waals surface area contributed by atoms with Crippen LogP contribution in [0.15, 0.2) is 54.6 Å². The van der Waals surface area contributed by atoms with E-state index in [0.29, 0.717) is 31.2 Å². The molecule has 3 heterocycles. The van der Waals surface area contributed by atoms with E-state index < -0.39 is 0 Å². The average Bonchev–Trinajstić information content (AvgIpc) is 3.22. The fourth-order valence-corrected chi connectivity index (χ4v) is 5.94. The first kappa shape index (κ1) is 27.8. The van der Waals surface area contributed by atoms with Gasteiger partial charge in [0, 0.05) is 31.4 Å². The van der Waals surface area contributed by atoms with Crippen LogP contribution in [0.1, 0.15) is 63.6 Å². The summed E-state index contributed by atoms with van der Waals surface area (Å²) in [7, 11) is 4.07. The van der Waals surface area contributed by atoms with Gasteiger partial charge in [0.25, 0.3) is 5.91 Å². The van der Waals surface area contributed by atoms with E-state index in [2.05, 4.69) is 77.5 Å². The van der Waals surface area contributed by atoms with Crippen LogP contribution in [-0.4, -0.2) is 63.8 Å². The van der Waals surface area contributed by atoms with Crippen molar-refractivity contribution in [3.8, 4) is 5.75 Å². The molecule has 0 aliphatic carbocycles. The molecule has 4 aromatic rings. The second-order valence-electron chi connectivity index (χ2n) is 11.2. The Labute approximate surface area is 237 Å². The molecule has 40 heavy (non-hydrogen) atoms. The molecule has 1 unspecified atom stereocenters. The first-order chi connectivity index (χ1) is 19.3. The Bertz CT molecular complexity index is 1480. The topological polar surface area (TPSA) is 63.5 Å². The number of pyridine rings is 1. The average molecular weight is 540 g/mol. The van der Waals surface area contributed by atoms with Crippen molar-refractivity contribution in [2.45, 2.75) is 52.5 Å². The zero-order valence-corrected chi connectivity index (χ0v) is 24.5. The summed E-state index contributed by atoms with van der Waals surface area (Å²) in [6.45, 7) is 9.44. The van der Waals surface area contributed by atoms with E-state index in [9.17, 15) is 4.79 Å². The molecule has 210 valence electrons. The molecule has 0 spiro atoms. The summed E-state index contributed by atoms with van der Waals surface area (Å²) in [5.41, 5.74) is 6.84. The highest BCUT2D eigenvalue weighted by atomic mass is 16.5. The molecule has 0 saturated heterocycles. The van der Waals surface area contributed by atoms with Crippen LogP contribution in [0.25, 0.3) is 11.0 Å². The fraction of sp³-hybridized carbons (Fsp3) is 0.424. The van der Waals surface area contributed by atoms with Crippen LogP contribution in [0.2, 0.25) is 0 Å². The zero-order chi connectivity index (χ0) is 28.2. The number of fused-ring (bicyclic) bond motifs is 2. The van der Waals surface area contributed by atoms with E-state index in [0.717, 1.165) is 60.5 Å². The van der Waals surface area contributed by atoms with Crippen molar-refractivity contribution in [1.82, 2.24) is 24.6 Å². The summed E-state index contributed by atoms with van der Waals surface area (Å²) >= 11 is 0. The van der Waals surface area contributed by atoms with Gasteiger partial charge in [-0.05, 0) is 77.2 Å². The number of amides is 1. The lowest BCUT2D eigenvalue weighted by molar-refractivity contribution is 0.0726. The summed E-state index contributed by atoms with van der Waals surface area (Å²) in [4.78, 5) is 23.2. The molecule has 7 nitrogen and oxygen atoms in total. The quantitative estimate of drug-likeness (QED) is 0.322. The molecular formula is C33H41N5O2. The number of aromatic nitrogens is 3. The molecule has 1 atom stereocenters. The standard InChI is InChI=1S/C33H41N5O2/c1-23-13-14-30-28(20-23)22-36(4)17-15-27(26-10-7-6-8-11-26)12-9-16-38(18-19-40-30)33(39)29-21-24(2)34-32-31(29)25(3)35-37(32)5/h6-8,10-11,13-14,20-21,27H,9,12,15-19,22H2,1-5H3. The number of carbonyl (C=O) groups is 1. The second kappa shape index (κ2) is 12.2. The van der Waals surface area contributed by atoms with Gasteiger partial charge in [-0.15, -0.1) is 0 Å². The highest BCUT2D eigenvalue weighted by Crippen LogP contribution is 2.28. The number of ether oxygens (including phenoxy) is 1. The highest BCUT2D eigenvalue weighted by molar-refractivity contribution is 6.06. The van der Waals surface area contributed by atoms with Crippen LogP contribution >= 0.6 is 0 Å². The van der Waals surface area contributed by atoms with Crippen LogP contribution in [0.3, 0.4) is 0 Å². The third-order valence-electron chi connectivity index (χ3n) is 8.00. The molecule has 1 aliphatic rings. The van der Waals surface area contributed by atoms with Crippen LogP contribution in [0.5, 0.6) is 5.75 Å². The number of nitrogens with zero attached hydrogens (tertiary/aromatic N) is 5. The van der Waals surface area contributed by atoms with Gasteiger partial charge in [0.05, 0.1) is 23.2 Å². The van der Waals surface area contributed by atoms with Gasteiger partial charge in [-0.25, -0.2) is 4.98 Å². The van der Waals surface area contributed by atoms with E-state index in [1.807, 2.05) is 31.9 Å². The monoisotopic (exact) mass is 539 g/mol. The van der Waals surface area contributed by atoms with E-state index in [4.69, 9.17) is 4.74 Å². The number of benzene rings is 2. The molecule has 0 bridgehead atoms. The summed E-state index contributed by atoms with van der Waals surface area (Å²) in [6, 6.07) is 19.1. The largest absolute Gasteiger partial charge is 0.491 e. The van der Waals surface area contributed by atoms with Crippen molar-refractivity contribution in [1.29, 1.82) is 0 Å². The minimum Gasteiger partial charge on any atom is -0.491 e. The highest BCUT2D eigenvalue weighted by Gasteiger charge is 2.24. The van der Waals surface area contributed by atoms with Gasteiger partial charge in [-0.1, -0.05) is 48.0 Å². The Morgan fingerprint density at radius 2 is 1.75 bits per heavy atom. The van der Waals surface area contributed by atoms with Crippen LogP contribution < -0.4 is 4.74 Å². The summed E-state index contributed by atoms with van der Waals surface area (Å²) in [5, 5.41) is 5.40. The Morgan fingerprint density at radius 3 is 2.55 bits per heavy atom. The number of rotatable bonds is 2. The van der Waals surface area contributed by atoms with Gasteiger partial charge < -0.3 is 14.5 Å². The molecule has 1 amide bonds. The second-order valence-corrected chi connectivity index (χ2v) is 11.2. The Kier molecular flexibility index (Phi) is 8.50. The maximum atomic E-state index is 14.2. The molecule has 1 aliphatic heterocycles. The fourth-order valence-electron chi connectivity index (χ4n) is 5.94. The SMILES string of the molecule is Cc1ccc2c(c1)CN(C)CCC(c1ccccc1)CCCN(C(=O)c1cc(C)nc3c1c(C)nn3C)CCO2. The van der Waals surface area contributed by atoms with Crippen molar-refractivity contribution in [3.05, 3.63) is 88.2 Å². The van der Waals surface area contributed by atoms with Gasteiger partial charge in [0.1, 0.15) is 12.4 Å². The Morgan fingerprint density at radius 1 is 0.950 bits per heavy atom. The van der Waals surface area contributed by atoms with Crippen molar-refractivity contribution in [3.63, 3.8) is 0 Å². The van der Waals surface area contributed by atoms with Crippen LogP contribution in [0, 0.1) is 20.8 Å². The van der Waals surface area contributed by atoms with E-state index >= 15 is 0 Å². The minimum absolute atomic E-state index is 0.0161. The maximum Gasteiger partial charge on any atom is 0.254 e. The van der Waals surface area contributed by atoms with Gasteiger partial charge in [0.15, 0.2) is 5.65 Å². The first-order valence-corrected chi connectivity index (χ1v) is 14.4. The molecule has 5 rings (SSSR count). The van der Waals surface area contributed by atoms with Crippen molar-refractivity contribution in [2.24, 2.45) is 7.05 Å². The summed E-state index contributed by atoms with van der Waals surface area (Å²) in [5.74, 6) is 1.35. The van der Waals surface area contributed by atoms with Crippen molar-refractivity contribution >= 4 is 16.9 Å². The molecule has 0 radical (unpaired) electrons. The third kappa shape index (κ3) is 6.20. The predicted molar refractivity (Wildman–Crippen MR) is 160 cm³/mol. The van der Waals surface area contributed by atoms with Gasteiger partial charge in [-0.3, -0.25) is 9.48 Å². The molecular weight excluding hydrogens is 498 g/mol. The Hall–Kier alpha value is -3.71. The van der Waals surface area contributed by atoms with Crippen molar-refractivity contribution < 1.29 is 9.53 Å². The minimum atomic E-state index is 0.0161. The van der Waals surface area contributed by atoms with E-state index in [1.54, 1.807) is 4.68 Å². The summed E-state index contributed by atoms with van der Waals surface area (Å²) in [6.07, 6.45) is 3.01. The number of hydrogen-bond acceptors (Lipinski definition) is 5. The number of hydrogen-bond donors (Lipinski definition) is 0. The molecule has 7 heteroatoms. The van der Waals surface area contributed by atoms with Gasteiger partial charge in [0.2, 0.25) is 0 Å². The Balaban J connectivity index is 1.46. The smallest absolute Gasteiger partial charge is 0.254 e. The molecule has 2 aromatic carbocycles. The van der Waals surface area contributed by atoms with Gasteiger partial charge >= 0.3 is 0 Å². The lowest BCUT2D eigenvalue weighted by Crippen LogP contribution is -2.36. The number of aryl methyl sites for hydroxylation is 4. The summed E-state index contributed by atoms with van der Waals surface area (Å²) < 4.78 is 8.10. The zero-order valence-electron chi connectivity index (χ0n) is 24.5. The first-order valence-electron chi connectivity index (χ1n) is 14.4. The normalized spacial score (nSPS) is 17.7. The van der Waals surface area contributed by atoms with Crippen molar-refractivity contribution in [2.75, 3.05) is 33.3 Å². The lowest BCUT2D eigenvalue weighted by atomic mass is 9.90. The van der Waals surface area contributed by atoms with Gasteiger partial charge in [-0.2, -0.15) is 5.10 Å². The van der Waals surface area contributed by atoms with Crippen LogP contribution in [-0.2, 0) is 13.6 Å². The predicted octanol–water partition coefficient (Wildman–Crippen LogP) is 5.81. The molecule has 0 saturated carbocycles. The molecule has 0 fully saturated rings. The van der Waals surface area contributed by atoms with E-state index in [1.165, 1.54) is 16.7 Å². The van der Waals surface area contributed by atoms with E-state index in [-0.39, 0.29) is 5.91 Å². The van der Waals surface area contributed by atoms with Crippen LogP contribution in [0.4, 0.5) is 0 Å². The lowest BCUT2D eigenvalue weighted by Gasteiger charge is -2.27. The molecule has 2 aromatic heterocycles. The maximum absolute atomic E-state index is 14.2. The molecule has 0 N–H and O–H groups in total. The third-order valence-corrected chi connectivity index (χ3v) is 8.00. The number of carbonyl (C=O) groups excluding carboxylic acids is 1.